The number of anilines is 1. The number of aliphatic hydroxyl groups is 1. The molecule has 1 aromatic rings. The van der Waals surface area contributed by atoms with E-state index in [1.165, 1.54) is 0 Å². The van der Waals surface area contributed by atoms with Gasteiger partial charge in [0, 0.05) is 19.8 Å². The molecule has 0 aromatic heterocycles. The van der Waals surface area contributed by atoms with Gasteiger partial charge >= 0.3 is 0 Å². The quantitative estimate of drug-likeness (QED) is 0.803. The maximum atomic E-state index is 11.5. The Labute approximate surface area is 152 Å². The molecule has 2 N–H and O–H groups in total. The Morgan fingerprint density at radius 1 is 0.840 bits per heavy atom. The number of hydrogen-bond donors (Lipinski definition) is 2. The van der Waals surface area contributed by atoms with Crippen LogP contribution in [0.25, 0.3) is 0 Å². The van der Waals surface area contributed by atoms with Crippen LogP contribution in [0.5, 0.6) is 0 Å². The molecule has 25 heavy (non-hydrogen) atoms. The van der Waals surface area contributed by atoms with Crippen LogP contribution in [-0.4, -0.2) is 24.9 Å². The van der Waals surface area contributed by atoms with Crippen LogP contribution >= 0.6 is 0 Å². The van der Waals surface area contributed by atoms with Gasteiger partial charge < -0.3 is 15.4 Å². The van der Waals surface area contributed by atoms with Gasteiger partial charge in [-0.3, -0.25) is 0 Å². The average Bonchev–Trinajstić information content (AvgIpc) is 2.47. The van der Waals surface area contributed by atoms with Gasteiger partial charge in [0.1, 0.15) is 5.60 Å². The molecule has 1 aliphatic carbocycles. The lowest BCUT2D eigenvalue weighted by atomic mass is 9.68. The lowest BCUT2D eigenvalue weighted by Gasteiger charge is -2.38. The Bertz CT molecular complexity index is 689. The van der Waals surface area contributed by atoms with Crippen molar-refractivity contribution >= 4 is 11.4 Å². The zero-order valence-electron chi connectivity index (χ0n) is 16.9. The van der Waals surface area contributed by atoms with Crippen molar-refractivity contribution in [2.24, 2.45) is 10.8 Å². The summed E-state index contributed by atoms with van der Waals surface area (Å²) in [7, 11) is 4.00. The van der Waals surface area contributed by atoms with Gasteiger partial charge in [-0.1, -0.05) is 53.7 Å². The number of allylic oxidation sites excluding steroid dienone is 2. The summed E-state index contributed by atoms with van der Waals surface area (Å²) in [5, 5.41) is 20.2. The van der Waals surface area contributed by atoms with Gasteiger partial charge in [0.05, 0.1) is 5.71 Å². The van der Waals surface area contributed by atoms with Crippen molar-refractivity contribution in [1.82, 2.24) is 0 Å². The molecule has 3 heteroatoms. The third kappa shape index (κ3) is 3.87. The third-order valence-electron chi connectivity index (χ3n) is 4.73. The molecule has 0 bridgehead atoms. The molecule has 0 spiro atoms. The molecule has 0 fully saturated rings. The molecule has 3 nitrogen and oxygen atoms in total. The van der Waals surface area contributed by atoms with Crippen LogP contribution in [0.4, 0.5) is 5.69 Å². The fourth-order valence-corrected chi connectivity index (χ4v) is 3.15. The van der Waals surface area contributed by atoms with Crippen molar-refractivity contribution in [3.8, 4) is 0 Å². The highest BCUT2D eigenvalue weighted by molar-refractivity contribution is 6.13. The second kappa shape index (κ2) is 6.14. The molecule has 0 atom stereocenters. The Morgan fingerprint density at radius 2 is 1.24 bits per heavy atom. The van der Waals surface area contributed by atoms with E-state index in [1.807, 2.05) is 55.4 Å². The molecule has 136 valence electrons. The summed E-state index contributed by atoms with van der Waals surface area (Å²) in [6, 6.07) is 7.97. The van der Waals surface area contributed by atoms with E-state index in [4.69, 9.17) is 5.41 Å². The van der Waals surface area contributed by atoms with Gasteiger partial charge in [0.15, 0.2) is 0 Å². The summed E-state index contributed by atoms with van der Waals surface area (Å²) in [6.07, 6.45) is 3.71. The first kappa shape index (κ1) is 19.5. The smallest absolute Gasteiger partial charge is 0.128 e. The first-order valence-corrected chi connectivity index (χ1v) is 8.82. The van der Waals surface area contributed by atoms with Gasteiger partial charge in [-0.25, -0.2) is 0 Å². The van der Waals surface area contributed by atoms with E-state index >= 15 is 0 Å². The summed E-state index contributed by atoms with van der Waals surface area (Å²) >= 11 is 0. The average molecular weight is 341 g/mol. The third-order valence-corrected chi connectivity index (χ3v) is 4.73. The molecule has 0 heterocycles. The first-order chi connectivity index (χ1) is 11.3. The van der Waals surface area contributed by atoms with Crippen LogP contribution < -0.4 is 4.90 Å². The van der Waals surface area contributed by atoms with E-state index in [9.17, 15) is 5.11 Å². The summed E-state index contributed by atoms with van der Waals surface area (Å²) in [4.78, 5) is 2.04. The van der Waals surface area contributed by atoms with Gasteiger partial charge in [0.25, 0.3) is 0 Å². The molecular formula is C22H32N2O. The second-order valence-corrected chi connectivity index (χ2v) is 9.26. The van der Waals surface area contributed by atoms with E-state index in [0.29, 0.717) is 5.71 Å². The van der Waals surface area contributed by atoms with Gasteiger partial charge in [-0.15, -0.1) is 0 Å². The number of benzene rings is 1. The van der Waals surface area contributed by atoms with Crippen molar-refractivity contribution in [3.05, 3.63) is 53.1 Å². The zero-order chi connectivity index (χ0) is 19.2. The molecule has 0 saturated heterocycles. The number of nitrogens with zero attached hydrogens (tertiary/aromatic N) is 1. The highest BCUT2D eigenvalue weighted by Crippen LogP contribution is 2.43. The Kier molecular flexibility index (Phi) is 4.77. The lowest BCUT2D eigenvalue weighted by molar-refractivity contribution is 0.138. The monoisotopic (exact) mass is 340 g/mol. The van der Waals surface area contributed by atoms with Crippen LogP contribution in [0.1, 0.15) is 47.1 Å². The largest absolute Gasteiger partial charge is 0.378 e. The van der Waals surface area contributed by atoms with Crippen LogP contribution in [0, 0.1) is 16.2 Å². The fraction of sp³-hybridized carbons (Fsp3) is 0.500. The summed E-state index contributed by atoms with van der Waals surface area (Å²) in [5.74, 6) is 0. The standard InChI is InChI=1S/C22H32N2O/c1-20(2,3)17-13-22(25,14-18(19(17)23)21(4,5)6)15-9-11-16(12-10-15)24(7)8/h9-14,23,25H,1-8H3. The van der Waals surface area contributed by atoms with E-state index < -0.39 is 5.60 Å². The van der Waals surface area contributed by atoms with Crippen LogP contribution in [0.3, 0.4) is 0 Å². The number of rotatable bonds is 2. The fourth-order valence-electron chi connectivity index (χ4n) is 3.15. The maximum absolute atomic E-state index is 11.5. The molecule has 0 unspecified atom stereocenters. The first-order valence-electron chi connectivity index (χ1n) is 8.82. The number of hydrogen-bond acceptors (Lipinski definition) is 3. The van der Waals surface area contributed by atoms with E-state index in [0.717, 1.165) is 22.4 Å². The molecule has 0 amide bonds. The minimum Gasteiger partial charge on any atom is -0.378 e. The van der Waals surface area contributed by atoms with Crippen molar-refractivity contribution < 1.29 is 5.11 Å². The summed E-state index contributed by atoms with van der Waals surface area (Å²) < 4.78 is 0. The van der Waals surface area contributed by atoms with Crippen molar-refractivity contribution in [1.29, 1.82) is 5.41 Å². The van der Waals surface area contributed by atoms with Crippen molar-refractivity contribution in [3.63, 3.8) is 0 Å². The molecular weight excluding hydrogens is 308 g/mol. The summed E-state index contributed by atoms with van der Waals surface area (Å²) in [5.41, 5.74) is 2.62. The minimum absolute atomic E-state index is 0.209. The molecule has 1 aromatic carbocycles. The van der Waals surface area contributed by atoms with Crippen LogP contribution in [-0.2, 0) is 5.60 Å². The minimum atomic E-state index is -1.19. The predicted molar refractivity (Wildman–Crippen MR) is 107 cm³/mol. The molecule has 0 saturated carbocycles. The van der Waals surface area contributed by atoms with E-state index in [-0.39, 0.29) is 10.8 Å². The highest BCUT2D eigenvalue weighted by Gasteiger charge is 2.38. The Balaban J connectivity index is 2.64. The number of nitrogens with one attached hydrogen (secondary N) is 1. The lowest BCUT2D eigenvalue weighted by Crippen LogP contribution is -2.35. The zero-order valence-corrected chi connectivity index (χ0v) is 16.9. The summed E-state index contributed by atoms with van der Waals surface area (Å²) in [6.45, 7) is 12.6. The van der Waals surface area contributed by atoms with E-state index in [2.05, 4.69) is 41.5 Å². The normalized spacial score (nSPS) is 21.7. The molecule has 1 aliphatic rings. The van der Waals surface area contributed by atoms with Crippen LogP contribution in [0.15, 0.2) is 47.6 Å². The van der Waals surface area contributed by atoms with Gasteiger partial charge in [-0.05, 0) is 51.8 Å². The van der Waals surface area contributed by atoms with Gasteiger partial charge in [0.2, 0.25) is 0 Å². The Hall–Kier alpha value is -1.87. The highest BCUT2D eigenvalue weighted by atomic mass is 16.3. The topological polar surface area (TPSA) is 47.3 Å². The van der Waals surface area contributed by atoms with E-state index in [1.54, 1.807) is 0 Å². The predicted octanol–water partition coefficient (Wildman–Crippen LogP) is 4.92. The molecule has 0 radical (unpaired) electrons. The van der Waals surface area contributed by atoms with Gasteiger partial charge in [-0.2, -0.15) is 0 Å². The molecule has 0 aliphatic heterocycles. The van der Waals surface area contributed by atoms with Crippen molar-refractivity contribution in [2.75, 3.05) is 19.0 Å². The second-order valence-electron chi connectivity index (χ2n) is 9.26. The Morgan fingerprint density at radius 3 is 1.56 bits per heavy atom. The van der Waals surface area contributed by atoms with Crippen LogP contribution in [0.2, 0.25) is 0 Å². The molecule has 2 rings (SSSR count). The maximum Gasteiger partial charge on any atom is 0.128 e. The van der Waals surface area contributed by atoms with Crippen molar-refractivity contribution in [2.45, 2.75) is 47.1 Å². The SMILES string of the molecule is CN(C)c1ccc(C2(O)C=C(C(C)(C)C)C(=N)C(C(C)(C)C)=C2)cc1.